The highest BCUT2D eigenvalue weighted by atomic mass is 16.5. The number of hydrogen-bond donors (Lipinski definition) is 1. The Morgan fingerprint density at radius 3 is 3.16 bits per heavy atom. The summed E-state index contributed by atoms with van der Waals surface area (Å²) in [4.78, 5) is 25.4. The van der Waals surface area contributed by atoms with Gasteiger partial charge in [-0.05, 0) is 6.42 Å². The lowest BCUT2D eigenvalue weighted by molar-refractivity contribution is -0.148. The van der Waals surface area contributed by atoms with Gasteiger partial charge >= 0.3 is 5.97 Å². The molecule has 2 bridgehead atoms. The highest BCUT2D eigenvalue weighted by Crippen LogP contribution is 2.51. The summed E-state index contributed by atoms with van der Waals surface area (Å²) in [7, 11) is 1.62. The van der Waals surface area contributed by atoms with E-state index in [-0.39, 0.29) is 5.91 Å². The van der Waals surface area contributed by atoms with Crippen molar-refractivity contribution >= 4 is 11.9 Å². The molecule has 0 unspecified atom stereocenters. The first-order chi connectivity index (χ1) is 9.09. The molecule has 1 N–H and O–H groups in total. The molecule has 0 saturated carbocycles. The van der Waals surface area contributed by atoms with E-state index < -0.39 is 29.5 Å². The minimum atomic E-state index is -0.951. The molecule has 104 valence electrons. The number of carboxylic acid groups (broad SMARTS) is 1. The van der Waals surface area contributed by atoms with Crippen LogP contribution in [0.2, 0.25) is 0 Å². The van der Waals surface area contributed by atoms with Crippen molar-refractivity contribution in [1.29, 1.82) is 0 Å². The predicted molar refractivity (Wildman–Crippen MR) is 64.4 cm³/mol. The summed E-state index contributed by atoms with van der Waals surface area (Å²) < 4.78 is 10.8. The molecule has 2 saturated heterocycles. The molecule has 4 atom stereocenters. The minimum absolute atomic E-state index is 0.102. The number of amides is 1. The molecule has 0 aliphatic carbocycles. The van der Waals surface area contributed by atoms with Crippen LogP contribution in [0, 0.1) is 11.8 Å². The average Bonchev–Trinajstić information content (AvgIpc) is 2.99. The third-order valence-corrected chi connectivity index (χ3v) is 4.24. The molecular weight excluding hydrogens is 250 g/mol. The summed E-state index contributed by atoms with van der Waals surface area (Å²) in [5.41, 5.74) is -0.710. The summed E-state index contributed by atoms with van der Waals surface area (Å²) >= 11 is 0. The van der Waals surface area contributed by atoms with Crippen LogP contribution in [0.3, 0.4) is 0 Å². The Bertz CT molecular complexity index is 448. The maximum absolute atomic E-state index is 12.4. The molecule has 0 aromatic rings. The summed E-state index contributed by atoms with van der Waals surface area (Å²) in [6.07, 6.45) is 3.94. The van der Waals surface area contributed by atoms with Crippen LogP contribution in [0.1, 0.15) is 6.42 Å². The molecule has 6 nitrogen and oxygen atoms in total. The van der Waals surface area contributed by atoms with Gasteiger partial charge in [-0.1, -0.05) is 12.2 Å². The van der Waals surface area contributed by atoms with Crippen molar-refractivity contribution in [2.45, 2.75) is 18.1 Å². The largest absolute Gasteiger partial charge is 0.481 e. The van der Waals surface area contributed by atoms with Gasteiger partial charge in [0.25, 0.3) is 0 Å². The first-order valence-electron chi connectivity index (χ1n) is 6.47. The normalized spacial score (nSPS) is 39.1. The second kappa shape index (κ2) is 4.31. The zero-order valence-corrected chi connectivity index (χ0v) is 10.7. The van der Waals surface area contributed by atoms with Gasteiger partial charge in [0.15, 0.2) is 0 Å². The van der Waals surface area contributed by atoms with E-state index in [9.17, 15) is 14.7 Å². The van der Waals surface area contributed by atoms with Gasteiger partial charge in [0, 0.05) is 20.3 Å². The Kier molecular flexibility index (Phi) is 2.87. The van der Waals surface area contributed by atoms with Crippen molar-refractivity contribution < 1.29 is 24.2 Å². The Morgan fingerprint density at radius 2 is 2.47 bits per heavy atom. The zero-order valence-electron chi connectivity index (χ0n) is 10.7. The Balaban J connectivity index is 1.79. The van der Waals surface area contributed by atoms with Crippen molar-refractivity contribution in [2.75, 3.05) is 26.8 Å². The summed E-state index contributed by atoms with van der Waals surface area (Å²) in [5.74, 6) is -2.36. The summed E-state index contributed by atoms with van der Waals surface area (Å²) in [5, 5.41) is 9.29. The molecule has 3 heterocycles. The molecule has 0 aromatic carbocycles. The highest BCUT2D eigenvalue weighted by Gasteiger charge is 2.66. The van der Waals surface area contributed by atoms with Crippen LogP contribution < -0.4 is 0 Å². The molecule has 6 heteroatoms. The summed E-state index contributed by atoms with van der Waals surface area (Å²) in [6, 6.07) is 0. The fourth-order valence-corrected chi connectivity index (χ4v) is 3.45. The van der Waals surface area contributed by atoms with E-state index >= 15 is 0 Å². The minimum Gasteiger partial charge on any atom is -0.481 e. The summed E-state index contributed by atoms with van der Waals surface area (Å²) in [6.45, 7) is 1.62. The van der Waals surface area contributed by atoms with Gasteiger partial charge in [-0.2, -0.15) is 0 Å². The van der Waals surface area contributed by atoms with Crippen molar-refractivity contribution in [3.8, 4) is 0 Å². The smallest absolute Gasteiger partial charge is 0.310 e. The maximum Gasteiger partial charge on any atom is 0.310 e. The molecule has 19 heavy (non-hydrogen) atoms. The Morgan fingerprint density at radius 1 is 1.68 bits per heavy atom. The molecule has 3 rings (SSSR count). The number of aliphatic carboxylic acids is 1. The van der Waals surface area contributed by atoms with Crippen molar-refractivity contribution in [2.24, 2.45) is 11.8 Å². The first kappa shape index (κ1) is 12.6. The number of ether oxygens (including phenoxy) is 2. The molecule has 3 aliphatic rings. The van der Waals surface area contributed by atoms with Gasteiger partial charge in [-0.3, -0.25) is 9.59 Å². The van der Waals surface area contributed by atoms with E-state index in [1.807, 2.05) is 6.08 Å². The quantitative estimate of drug-likeness (QED) is 0.555. The highest BCUT2D eigenvalue weighted by molar-refractivity contribution is 5.90. The van der Waals surface area contributed by atoms with Gasteiger partial charge in [-0.15, -0.1) is 0 Å². The van der Waals surface area contributed by atoms with E-state index in [4.69, 9.17) is 9.47 Å². The molecule has 3 aliphatic heterocycles. The number of carboxylic acids is 1. The standard InChI is InChI=1S/C13H17NO5/c1-18-6-2-5-14-7-13-4-3-8(19-13)9(12(16)17)10(13)11(14)15/h3-4,8-10H,2,5-7H2,1H3,(H,16,17)/t8-,9+,10+,13-/m0/s1. The third kappa shape index (κ3) is 1.70. The lowest BCUT2D eigenvalue weighted by Crippen LogP contribution is -2.39. The molecule has 1 spiro atoms. The fourth-order valence-electron chi connectivity index (χ4n) is 3.45. The molecule has 0 aromatic heterocycles. The number of carbonyl (C=O) groups excluding carboxylic acids is 1. The number of likely N-dealkylation sites (tertiary alicyclic amines) is 1. The van der Waals surface area contributed by atoms with Crippen LogP contribution in [-0.2, 0) is 19.1 Å². The van der Waals surface area contributed by atoms with Crippen LogP contribution in [-0.4, -0.2) is 60.4 Å². The van der Waals surface area contributed by atoms with Gasteiger partial charge in [-0.25, -0.2) is 0 Å². The second-order valence-corrected chi connectivity index (χ2v) is 5.34. The van der Waals surface area contributed by atoms with Gasteiger partial charge in [0.05, 0.1) is 18.6 Å². The number of hydrogen-bond acceptors (Lipinski definition) is 4. The average molecular weight is 267 g/mol. The molecule has 2 fully saturated rings. The molecule has 0 radical (unpaired) electrons. The van der Waals surface area contributed by atoms with Crippen LogP contribution >= 0.6 is 0 Å². The number of nitrogens with zero attached hydrogens (tertiary/aromatic N) is 1. The maximum atomic E-state index is 12.4. The lowest BCUT2D eigenvalue weighted by Gasteiger charge is -2.21. The predicted octanol–water partition coefficient (Wildman–Crippen LogP) is -0.111. The third-order valence-electron chi connectivity index (χ3n) is 4.24. The van der Waals surface area contributed by atoms with E-state index in [0.717, 1.165) is 6.42 Å². The first-order valence-corrected chi connectivity index (χ1v) is 6.47. The Hall–Kier alpha value is -1.40. The van der Waals surface area contributed by atoms with Crippen molar-refractivity contribution in [3.05, 3.63) is 12.2 Å². The van der Waals surface area contributed by atoms with E-state index in [0.29, 0.717) is 19.7 Å². The Labute approximate surface area is 111 Å². The van der Waals surface area contributed by atoms with Crippen molar-refractivity contribution in [1.82, 2.24) is 4.90 Å². The van der Waals surface area contributed by atoms with Crippen LogP contribution in [0.15, 0.2) is 12.2 Å². The van der Waals surface area contributed by atoms with Crippen molar-refractivity contribution in [3.63, 3.8) is 0 Å². The van der Waals surface area contributed by atoms with Crippen LogP contribution in [0.25, 0.3) is 0 Å². The van der Waals surface area contributed by atoms with Crippen LogP contribution in [0.5, 0.6) is 0 Å². The number of carbonyl (C=O) groups is 2. The number of fused-ring (bicyclic) bond motifs is 1. The van der Waals surface area contributed by atoms with Gasteiger partial charge in [0.1, 0.15) is 11.5 Å². The number of methoxy groups -OCH3 is 1. The number of rotatable bonds is 5. The second-order valence-electron chi connectivity index (χ2n) is 5.34. The van der Waals surface area contributed by atoms with E-state index in [2.05, 4.69) is 0 Å². The monoisotopic (exact) mass is 267 g/mol. The zero-order chi connectivity index (χ0) is 13.6. The van der Waals surface area contributed by atoms with Crippen LogP contribution in [0.4, 0.5) is 0 Å². The SMILES string of the molecule is COCCCN1C[C@]23C=C[C@H](O2)[C@@H](C(=O)O)[C@@H]3C1=O. The fraction of sp³-hybridized carbons (Fsp3) is 0.692. The van der Waals surface area contributed by atoms with E-state index in [1.54, 1.807) is 18.1 Å². The molecule has 1 amide bonds. The topological polar surface area (TPSA) is 76.1 Å². The van der Waals surface area contributed by atoms with Gasteiger partial charge in [0.2, 0.25) is 5.91 Å². The molecular formula is C13H17NO5. The van der Waals surface area contributed by atoms with E-state index in [1.165, 1.54) is 0 Å². The lowest BCUT2D eigenvalue weighted by atomic mass is 9.77. The van der Waals surface area contributed by atoms with Gasteiger partial charge < -0.3 is 19.5 Å².